The Labute approximate surface area is 334 Å². The van der Waals surface area contributed by atoms with Gasteiger partial charge in [0.25, 0.3) is 0 Å². The van der Waals surface area contributed by atoms with Gasteiger partial charge in [-0.1, -0.05) is 252 Å². The van der Waals surface area contributed by atoms with E-state index in [9.17, 15) is 4.79 Å². The van der Waals surface area contributed by atoms with E-state index in [-0.39, 0.29) is 0 Å². The molecular formula is C50H97N2O+. The molecule has 0 bridgehead atoms. The summed E-state index contributed by atoms with van der Waals surface area (Å²) in [5.74, 6) is 1.58. The topological polar surface area (TPSA) is 29.4 Å². The van der Waals surface area contributed by atoms with Crippen LogP contribution in [-0.2, 0) is 4.79 Å². The van der Waals surface area contributed by atoms with Crippen LogP contribution in [0.25, 0.3) is 0 Å². The number of rotatable bonds is 43. The molecule has 0 saturated carbocycles. The van der Waals surface area contributed by atoms with Gasteiger partial charge >= 0.3 is 5.91 Å². The molecule has 0 fully saturated rings. The summed E-state index contributed by atoms with van der Waals surface area (Å²) in [5.41, 5.74) is 0. The van der Waals surface area contributed by atoms with Crippen LogP contribution in [-0.4, -0.2) is 22.8 Å². The lowest BCUT2D eigenvalue weighted by Crippen LogP contribution is -2.52. The zero-order chi connectivity index (χ0) is 38.2. The van der Waals surface area contributed by atoms with Crippen molar-refractivity contribution in [1.29, 1.82) is 0 Å². The second-order valence-corrected chi connectivity index (χ2v) is 17.4. The van der Waals surface area contributed by atoms with Crippen LogP contribution in [0.5, 0.6) is 0 Å². The van der Waals surface area contributed by atoms with Crippen LogP contribution < -0.4 is 0 Å². The molecular weight excluding hydrogens is 645 g/mol. The van der Waals surface area contributed by atoms with Gasteiger partial charge in [0, 0.05) is 6.42 Å². The van der Waals surface area contributed by atoms with E-state index in [0.29, 0.717) is 10.4 Å². The molecule has 1 amide bonds. The van der Waals surface area contributed by atoms with E-state index in [1.165, 1.54) is 244 Å². The molecule has 1 aliphatic rings. The number of unbranched alkanes of at least 4 members (excludes halogenated alkanes) is 37. The molecule has 3 nitrogen and oxygen atoms in total. The highest BCUT2D eigenvalue weighted by Gasteiger charge is 2.41. The van der Waals surface area contributed by atoms with E-state index in [1.54, 1.807) is 0 Å². The summed E-state index contributed by atoms with van der Waals surface area (Å²) in [6, 6.07) is 0. The number of carbonyl (C=O) groups excluding carboxylic acids is 1. The van der Waals surface area contributed by atoms with Gasteiger partial charge in [0.1, 0.15) is 6.20 Å². The Kier molecular flexibility index (Phi) is 37.1. The van der Waals surface area contributed by atoms with Crippen molar-refractivity contribution in [2.75, 3.05) is 6.54 Å². The van der Waals surface area contributed by atoms with E-state index < -0.39 is 0 Å². The second-order valence-electron chi connectivity index (χ2n) is 17.4. The summed E-state index contributed by atoms with van der Waals surface area (Å²) in [5, 5.41) is 0. The molecule has 0 saturated heterocycles. The van der Waals surface area contributed by atoms with Crippen molar-refractivity contribution >= 4 is 11.7 Å². The first kappa shape index (κ1) is 50.1. The van der Waals surface area contributed by atoms with Crippen molar-refractivity contribution in [2.24, 2.45) is 4.99 Å². The lowest BCUT2D eigenvalue weighted by Gasteiger charge is -2.30. The van der Waals surface area contributed by atoms with Crippen LogP contribution in [0.15, 0.2) is 17.4 Å². The maximum Gasteiger partial charge on any atom is 0.324 e. The molecule has 0 aromatic carbocycles. The first-order valence-corrected chi connectivity index (χ1v) is 24.9. The molecule has 1 heterocycles. The van der Waals surface area contributed by atoms with Crippen LogP contribution >= 0.6 is 0 Å². The first-order chi connectivity index (χ1) is 26.2. The Hall–Kier alpha value is -0.960. The fourth-order valence-electron chi connectivity index (χ4n) is 8.59. The molecule has 0 aromatic heterocycles. The Balaban J connectivity index is 2.36. The average Bonchev–Trinajstić information content (AvgIpc) is 3.58. The number of carbonyl (C=O) groups is 1. The molecule has 312 valence electrons. The van der Waals surface area contributed by atoms with Crippen molar-refractivity contribution in [1.82, 2.24) is 0 Å². The number of nitrogens with zero attached hydrogens (tertiary/aromatic N) is 2. The van der Waals surface area contributed by atoms with Crippen molar-refractivity contribution in [3.05, 3.63) is 12.4 Å². The molecule has 0 radical (unpaired) electrons. The lowest BCUT2D eigenvalue weighted by molar-refractivity contribution is -0.708. The van der Waals surface area contributed by atoms with Gasteiger partial charge in [0.15, 0.2) is 0 Å². The number of amidine groups is 1. The molecule has 0 spiro atoms. The Morgan fingerprint density at radius 2 is 0.679 bits per heavy atom. The largest absolute Gasteiger partial charge is 0.324 e. The highest BCUT2D eigenvalue weighted by molar-refractivity contribution is 5.90. The van der Waals surface area contributed by atoms with Gasteiger partial charge in [0.05, 0.1) is 19.2 Å². The highest BCUT2D eigenvalue weighted by Crippen LogP contribution is 2.27. The summed E-state index contributed by atoms with van der Waals surface area (Å²) in [6.45, 7) is 7.84. The second kappa shape index (κ2) is 39.3. The van der Waals surface area contributed by atoms with Crippen LogP contribution in [0.1, 0.15) is 290 Å². The molecule has 1 atom stereocenters. The summed E-state index contributed by atoms with van der Waals surface area (Å²) < 4.78 is 0.453. The molecule has 1 rings (SSSR count). The van der Waals surface area contributed by atoms with Crippen LogP contribution in [0, 0.1) is 0 Å². The van der Waals surface area contributed by atoms with Gasteiger partial charge in [0.2, 0.25) is 5.84 Å². The third-order valence-corrected chi connectivity index (χ3v) is 12.3. The van der Waals surface area contributed by atoms with Gasteiger partial charge in [-0.05, 0) is 25.7 Å². The van der Waals surface area contributed by atoms with Gasteiger partial charge in [-0.25, -0.2) is 9.79 Å². The summed E-state index contributed by atoms with van der Waals surface area (Å²) >= 11 is 0. The average molecular weight is 742 g/mol. The van der Waals surface area contributed by atoms with Crippen LogP contribution in [0.3, 0.4) is 0 Å². The quantitative estimate of drug-likeness (QED) is 0.0452. The van der Waals surface area contributed by atoms with Crippen molar-refractivity contribution in [3.8, 4) is 0 Å². The molecule has 1 unspecified atom stereocenters. The SMILES string of the molecule is CCCCCCCCCCCCCCCCC1=NC=C[N+]1(CCCCCCCCCCCCCCCC)C(=O)CCCCCCCCCCCCCC. The molecule has 3 heteroatoms. The maximum absolute atomic E-state index is 14.0. The minimum absolute atomic E-state index is 0.421. The zero-order valence-corrected chi connectivity index (χ0v) is 36.9. The van der Waals surface area contributed by atoms with E-state index in [4.69, 9.17) is 4.99 Å². The lowest BCUT2D eigenvalue weighted by atomic mass is 10.0. The smallest absolute Gasteiger partial charge is 0.230 e. The highest BCUT2D eigenvalue weighted by atomic mass is 16.2. The fourth-order valence-corrected chi connectivity index (χ4v) is 8.59. The van der Waals surface area contributed by atoms with E-state index in [2.05, 4.69) is 27.0 Å². The minimum atomic E-state index is 0.421. The summed E-state index contributed by atoms with van der Waals surface area (Å²) in [6.07, 6.45) is 60.6. The Morgan fingerprint density at radius 3 is 1.02 bits per heavy atom. The fraction of sp³-hybridized carbons (Fsp3) is 0.920. The Morgan fingerprint density at radius 1 is 0.396 bits per heavy atom. The first-order valence-electron chi connectivity index (χ1n) is 24.9. The van der Waals surface area contributed by atoms with E-state index >= 15 is 0 Å². The third kappa shape index (κ3) is 29.0. The number of amides is 1. The molecule has 0 aromatic rings. The summed E-state index contributed by atoms with van der Waals surface area (Å²) in [7, 11) is 0. The van der Waals surface area contributed by atoms with Gasteiger partial charge < -0.3 is 0 Å². The maximum atomic E-state index is 14.0. The van der Waals surface area contributed by atoms with E-state index in [0.717, 1.165) is 38.1 Å². The molecule has 1 aliphatic heterocycles. The normalized spacial score (nSPS) is 15.5. The minimum Gasteiger partial charge on any atom is -0.230 e. The predicted molar refractivity (Wildman–Crippen MR) is 238 cm³/mol. The van der Waals surface area contributed by atoms with E-state index in [1.807, 2.05) is 6.20 Å². The van der Waals surface area contributed by atoms with Gasteiger partial charge in [-0.3, -0.25) is 0 Å². The monoisotopic (exact) mass is 742 g/mol. The number of aliphatic imine (C=N–C) groups is 1. The number of quaternary nitrogens is 1. The molecule has 0 aliphatic carbocycles. The van der Waals surface area contributed by atoms with Crippen LogP contribution in [0.4, 0.5) is 0 Å². The van der Waals surface area contributed by atoms with Crippen LogP contribution in [0.2, 0.25) is 0 Å². The molecule has 53 heavy (non-hydrogen) atoms. The van der Waals surface area contributed by atoms with Crippen molar-refractivity contribution in [3.63, 3.8) is 0 Å². The Bertz CT molecular complexity index is 833. The third-order valence-electron chi connectivity index (χ3n) is 12.3. The van der Waals surface area contributed by atoms with Crippen molar-refractivity contribution in [2.45, 2.75) is 290 Å². The molecule has 0 N–H and O–H groups in total. The van der Waals surface area contributed by atoms with Gasteiger partial charge in [-0.2, -0.15) is 4.48 Å². The standard InChI is InChI=1S/C50H97N2O/c1-4-7-10-13-16-19-22-25-27-29-32-35-38-41-44-49-51-46-48-52(49,47-43-40-37-34-31-28-26-23-20-17-14-11-8-5-2)50(53)45-42-39-36-33-30-24-21-18-15-12-9-6-3/h46,48H,4-45,47H2,1-3H3/q+1. The number of hydrogen-bond donors (Lipinski definition) is 0. The number of hydrogen-bond acceptors (Lipinski definition) is 2. The summed E-state index contributed by atoms with van der Waals surface area (Å²) in [4.78, 5) is 18.9. The predicted octanol–water partition coefficient (Wildman–Crippen LogP) is 17.7. The van der Waals surface area contributed by atoms with Crippen molar-refractivity contribution < 1.29 is 9.28 Å². The van der Waals surface area contributed by atoms with Gasteiger partial charge in [-0.15, -0.1) is 0 Å². The zero-order valence-electron chi connectivity index (χ0n) is 36.9.